The lowest BCUT2D eigenvalue weighted by atomic mass is 9.85. The van der Waals surface area contributed by atoms with E-state index in [2.05, 4.69) is 5.32 Å². The molecule has 1 fully saturated rings. The van der Waals surface area contributed by atoms with Crippen LogP contribution in [0, 0.1) is 11.7 Å². The van der Waals surface area contributed by atoms with Crippen molar-refractivity contribution in [1.29, 1.82) is 0 Å². The lowest BCUT2D eigenvalue weighted by molar-refractivity contribution is -0.138. The van der Waals surface area contributed by atoms with E-state index < -0.39 is 17.6 Å². The monoisotopic (exact) mass is 261 g/mol. The summed E-state index contributed by atoms with van der Waals surface area (Å²) in [7, 11) is 0. The van der Waals surface area contributed by atoms with Crippen LogP contribution in [0.2, 0.25) is 0 Å². The zero-order valence-electron chi connectivity index (χ0n) is 9.86. The molecule has 100 valence electrons. The minimum Gasteiger partial charge on any atom is -0.312 e. The van der Waals surface area contributed by atoms with E-state index in [1.807, 2.05) is 0 Å². The molecule has 0 aliphatic heterocycles. The SMILES string of the molecule is Fc1ccc(CNCC2CCC2)c(C(F)(F)F)c1. The smallest absolute Gasteiger partial charge is 0.312 e. The van der Waals surface area contributed by atoms with Gasteiger partial charge in [0.25, 0.3) is 0 Å². The second-order valence-electron chi connectivity index (χ2n) is 4.73. The van der Waals surface area contributed by atoms with Crippen molar-refractivity contribution in [2.75, 3.05) is 6.54 Å². The standard InChI is InChI=1S/C13H15F4N/c14-11-5-4-10(12(6-11)13(15,16)17)8-18-7-9-2-1-3-9/h4-6,9,18H,1-3,7-8H2. The maximum absolute atomic E-state index is 12.9. The van der Waals surface area contributed by atoms with E-state index in [9.17, 15) is 17.6 Å². The minimum atomic E-state index is -4.50. The number of rotatable bonds is 4. The van der Waals surface area contributed by atoms with Gasteiger partial charge >= 0.3 is 6.18 Å². The van der Waals surface area contributed by atoms with Crippen LogP contribution in [0.4, 0.5) is 17.6 Å². The third-order valence-electron chi connectivity index (χ3n) is 3.35. The molecule has 0 atom stereocenters. The van der Waals surface area contributed by atoms with Gasteiger partial charge in [0.05, 0.1) is 5.56 Å². The number of hydrogen-bond acceptors (Lipinski definition) is 1. The summed E-state index contributed by atoms with van der Waals surface area (Å²) in [6.45, 7) is 0.861. The molecule has 0 unspecified atom stereocenters. The van der Waals surface area contributed by atoms with E-state index in [1.54, 1.807) is 0 Å². The van der Waals surface area contributed by atoms with Gasteiger partial charge in [-0.15, -0.1) is 0 Å². The van der Waals surface area contributed by atoms with Crippen molar-refractivity contribution in [2.24, 2.45) is 5.92 Å². The molecule has 0 bridgehead atoms. The van der Waals surface area contributed by atoms with Gasteiger partial charge in [0, 0.05) is 6.54 Å². The first-order chi connectivity index (χ1) is 8.47. The number of alkyl halides is 3. The molecule has 1 aliphatic carbocycles. The molecule has 1 saturated carbocycles. The maximum atomic E-state index is 12.9. The Morgan fingerprint density at radius 2 is 1.94 bits per heavy atom. The maximum Gasteiger partial charge on any atom is 0.416 e. The molecular formula is C13H15F4N. The number of benzene rings is 1. The first kappa shape index (κ1) is 13.3. The highest BCUT2D eigenvalue weighted by molar-refractivity contribution is 5.30. The molecule has 1 aromatic rings. The third kappa shape index (κ3) is 3.22. The van der Waals surface area contributed by atoms with Crippen LogP contribution in [-0.4, -0.2) is 6.54 Å². The molecule has 5 heteroatoms. The summed E-state index contributed by atoms with van der Waals surface area (Å²) in [5, 5.41) is 3.01. The van der Waals surface area contributed by atoms with Gasteiger partial charge < -0.3 is 5.32 Å². The molecular weight excluding hydrogens is 246 g/mol. The molecule has 0 heterocycles. The van der Waals surface area contributed by atoms with Gasteiger partial charge in [-0.2, -0.15) is 13.2 Å². The quantitative estimate of drug-likeness (QED) is 0.814. The fourth-order valence-electron chi connectivity index (χ4n) is 2.07. The van der Waals surface area contributed by atoms with Crippen molar-refractivity contribution in [3.8, 4) is 0 Å². The molecule has 0 saturated heterocycles. The molecule has 0 amide bonds. The van der Waals surface area contributed by atoms with E-state index >= 15 is 0 Å². The second-order valence-corrected chi connectivity index (χ2v) is 4.73. The fourth-order valence-corrected chi connectivity index (χ4v) is 2.07. The lowest BCUT2D eigenvalue weighted by Crippen LogP contribution is -2.27. The van der Waals surface area contributed by atoms with Crippen LogP contribution in [0.5, 0.6) is 0 Å². The van der Waals surface area contributed by atoms with Gasteiger partial charge in [-0.1, -0.05) is 12.5 Å². The average molecular weight is 261 g/mol. The van der Waals surface area contributed by atoms with Gasteiger partial charge in [-0.3, -0.25) is 0 Å². The topological polar surface area (TPSA) is 12.0 Å². The van der Waals surface area contributed by atoms with Crippen LogP contribution >= 0.6 is 0 Å². The van der Waals surface area contributed by atoms with Crippen molar-refractivity contribution in [3.63, 3.8) is 0 Å². The average Bonchev–Trinajstić information content (AvgIpc) is 2.22. The first-order valence-electron chi connectivity index (χ1n) is 6.03. The van der Waals surface area contributed by atoms with Crippen molar-refractivity contribution in [2.45, 2.75) is 32.0 Å². The van der Waals surface area contributed by atoms with Gasteiger partial charge in [0.15, 0.2) is 0 Å². The minimum absolute atomic E-state index is 0.100. The third-order valence-corrected chi connectivity index (χ3v) is 3.35. The van der Waals surface area contributed by atoms with Crippen molar-refractivity contribution < 1.29 is 17.6 Å². The predicted octanol–water partition coefficient (Wildman–Crippen LogP) is 3.73. The van der Waals surface area contributed by atoms with E-state index in [1.165, 1.54) is 12.5 Å². The normalized spacial score (nSPS) is 16.7. The Balaban J connectivity index is 2.01. The highest BCUT2D eigenvalue weighted by Gasteiger charge is 2.33. The Morgan fingerprint density at radius 1 is 1.22 bits per heavy atom. The van der Waals surface area contributed by atoms with E-state index in [-0.39, 0.29) is 12.1 Å². The van der Waals surface area contributed by atoms with Crippen LogP contribution in [-0.2, 0) is 12.7 Å². The summed E-state index contributed by atoms with van der Waals surface area (Å²) >= 11 is 0. The van der Waals surface area contributed by atoms with Crippen LogP contribution < -0.4 is 5.32 Å². The zero-order chi connectivity index (χ0) is 13.2. The summed E-state index contributed by atoms with van der Waals surface area (Å²) < 4.78 is 51.0. The Hall–Kier alpha value is -1.10. The highest BCUT2D eigenvalue weighted by atomic mass is 19.4. The van der Waals surface area contributed by atoms with Gasteiger partial charge in [0.2, 0.25) is 0 Å². The fraction of sp³-hybridized carbons (Fsp3) is 0.538. The van der Waals surface area contributed by atoms with Gasteiger partial charge in [0.1, 0.15) is 5.82 Å². The second kappa shape index (κ2) is 5.26. The summed E-state index contributed by atoms with van der Waals surface area (Å²) in [6, 6.07) is 2.82. The van der Waals surface area contributed by atoms with Crippen LogP contribution in [0.3, 0.4) is 0 Å². The van der Waals surface area contributed by atoms with E-state index in [0.29, 0.717) is 12.0 Å². The Labute approximate surface area is 103 Å². The molecule has 0 aromatic heterocycles. The highest BCUT2D eigenvalue weighted by Crippen LogP contribution is 2.32. The summed E-state index contributed by atoms with van der Waals surface area (Å²) in [6.07, 6.45) is -1.02. The van der Waals surface area contributed by atoms with Crippen molar-refractivity contribution >= 4 is 0 Å². The van der Waals surface area contributed by atoms with Crippen molar-refractivity contribution in [1.82, 2.24) is 5.32 Å². The zero-order valence-corrected chi connectivity index (χ0v) is 9.86. The molecule has 1 nitrogen and oxygen atoms in total. The largest absolute Gasteiger partial charge is 0.416 e. The first-order valence-corrected chi connectivity index (χ1v) is 6.03. The van der Waals surface area contributed by atoms with Crippen molar-refractivity contribution in [3.05, 3.63) is 35.1 Å². The molecule has 18 heavy (non-hydrogen) atoms. The molecule has 2 rings (SSSR count). The van der Waals surface area contributed by atoms with Crippen LogP contribution in [0.25, 0.3) is 0 Å². The number of halogens is 4. The van der Waals surface area contributed by atoms with Gasteiger partial charge in [-0.25, -0.2) is 4.39 Å². The molecule has 1 N–H and O–H groups in total. The van der Waals surface area contributed by atoms with E-state index in [4.69, 9.17) is 0 Å². The number of hydrogen-bond donors (Lipinski definition) is 1. The van der Waals surface area contributed by atoms with Crippen LogP contribution in [0.1, 0.15) is 30.4 Å². The Kier molecular flexibility index (Phi) is 3.90. The number of nitrogens with one attached hydrogen (secondary N) is 1. The van der Waals surface area contributed by atoms with Gasteiger partial charge in [-0.05, 0) is 43.0 Å². The lowest BCUT2D eigenvalue weighted by Gasteiger charge is -2.25. The Morgan fingerprint density at radius 3 is 2.50 bits per heavy atom. The van der Waals surface area contributed by atoms with E-state index in [0.717, 1.165) is 25.5 Å². The summed E-state index contributed by atoms with van der Waals surface area (Å²) in [5.41, 5.74) is -0.785. The molecule has 1 aliphatic rings. The summed E-state index contributed by atoms with van der Waals surface area (Å²) in [5.74, 6) is -0.273. The predicted molar refractivity (Wildman–Crippen MR) is 60.4 cm³/mol. The summed E-state index contributed by atoms with van der Waals surface area (Å²) in [4.78, 5) is 0. The molecule has 1 aromatic carbocycles. The molecule has 0 radical (unpaired) electrons. The molecule has 0 spiro atoms. The van der Waals surface area contributed by atoms with Crippen LogP contribution in [0.15, 0.2) is 18.2 Å². The Bertz CT molecular complexity index is 410.